The maximum absolute atomic E-state index is 10.9. The molecule has 0 saturated heterocycles. The first-order chi connectivity index (χ1) is 6.24. The molecule has 13 heavy (non-hydrogen) atoms. The lowest BCUT2D eigenvalue weighted by atomic mass is 10.2. The molecular formula is C10H13BrO2. The maximum Gasteiger partial charge on any atom is 0.337 e. The Morgan fingerprint density at radius 3 is 2.08 bits per heavy atom. The fourth-order valence-corrected chi connectivity index (χ4v) is 0.968. The Morgan fingerprint density at radius 2 is 1.69 bits per heavy atom. The van der Waals surface area contributed by atoms with Crippen molar-refractivity contribution in [3.8, 4) is 0 Å². The van der Waals surface area contributed by atoms with Gasteiger partial charge in [0.2, 0.25) is 0 Å². The molecule has 1 aromatic rings. The molecule has 0 atom stereocenters. The van der Waals surface area contributed by atoms with Gasteiger partial charge in [-0.05, 0) is 24.3 Å². The molecule has 2 nitrogen and oxygen atoms in total. The van der Waals surface area contributed by atoms with Crippen molar-refractivity contribution < 1.29 is 9.53 Å². The summed E-state index contributed by atoms with van der Waals surface area (Å²) in [5.41, 5.74) is 0.565. The second-order valence-electron chi connectivity index (χ2n) is 2.00. The number of benzene rings is 1. The zero-order valence-electron chi connectivity index (χ0n) is 8.00. The molecule has 1 aromatic carbocycles. The minimum Gasteiger partial charge on any atom is -0.465 e. The minimum atomic E-state index is -0.308. The van der Waals surface area contributed by atoms with Gasteiger partial charge in [-0.3, -0.25) is 0 Å². The highest BCUT2D eigenvalue weighted by Gasteiger charge is 2.02. The van der Waals surface area contributed by atoms with Crippen LogP contribution in [0.5, 0.6) is 0 Å². The van der Waals surface area contributed by atoms with Crippen molar-refractivity contribution in [1.82, 2.24) is 0 Å². The molecule has 0 amide bonds. The molecule has 0 aromatic heterocycles. The normalized spacial score (nSPS) is 8.31. The molecule has 0 aliphatic carbocycles. The van der Waals surface area contributed by atoms with E-state index in [1.54, 1.807) is 24.3 Å². The summed E-state index contributed by atoms with van der Waals surface area (Å²) in [6.07, 6.45) is 0. The average molecular weight is 245 g/mol. The summed E-state index contributed by atoms with van der Waals surface area (Å²) in [7, 11) is 1.37. The predicted molar refractivity (Wildman–Crippen MR) is 56.8 cm³/mol. The van der Waals surface area contributed by atoms with E-state index >= 15 is 0 Å². The van der Waals surface area contributed by atoms with Crippen molar-refractivity contribution in [2.24, 2.45) is 0 Å². The van der Waals surface area contributed by atoms with E-state index in [-0.39, 0.29) is 5.97 Å². The van der Waals surface area contributed by atoms with E-state index in [0.29, 0.717) is 5.56 Å². The van der Waals surface area contributed by atoms with Gasteiger partial charge in [0.1, 0.15) is 0 Å². The van der Waals surface area contributed by atoms with E-state index in [0.717, 1.165) is 4.47 Å². The van der Waals surface area contributed by atoms with Crippen LogP contribution >= 0.6 is 15.9 Å². The van der Waals surface area contributed by atoms with Gasteiger partial charge in [-0.15, -0.1) is 0 Å². The number of methoxy groups -OCH3 is 1. The summed E-state index contributed by atoms with van der Waals surface area (Å²) in [5, 5.41) is 0. The average Bonchev–Trinajstić information content (AvgIpc) is 2.21. The highest BCUT2D eigenvalue weighted by atomic mass is 79.9. The van der Waals surface area contributed by atoms with Crippen molar-refractivity contribution in [3.63, 3.8) is 0 Å². The Balaban J connectivity index is 0.000000671. The largest absolute Gasteiger partial charge is 0.465 e. The predicted octanol–water partition coefficient (Wildman–Crippen LogP) is 3.26. The second kappa shape index (κ2) is 6.66. The lowest BCUT2D eigenvalue weighted by Gasteiger charge is -1.97. The highest BCUT2D eigenvalue weighted by molar-refractivity contribution is 9.10. The Hall–Kier alpha value is -0.830. The SMILES string of the molecule is CC.COC(=O)c1ccc(Br)cc1. The third-order valence-corrected chi connectivity index (χ3v) is 1.79. The quantitative estimate of drug-likeness (QED) is 0.710. The van der Waals surface area contributed by atoms with E-state index in [9.17, 15) is 4.79 Å². The van der Waals surface area contributed by atoms with Crippen molar-refractivity contribution in [2.45, 2.75) is 13.8 Å². The fourth-order valence-electron chi connectivity index (χ4n) is 0.704. The molecule has 0 aliphatic heterocycles. The molecule has 72 valence electrons. The molecule has 0 bridgehead atoms. The summed E-state index contributed by atoms with van der Waals surface area (Å²) in [6.45, 7) is 4.00. The van der Waals surface area contributed by atoms with Crippen LogP contribution in [0.25, 0.3) is 0 Å². The summed E-state index contributed by atoms with van der Waals surface area (Å²) in [4.78, 5) is 10.9. The molecule has 0 spiro atoms. The topological polar surface area (TPSA) is 26.3 Å². The molecule has 0 N–H and O–H groups in total. The van der Waals surface area contributed by atoms with Crippen LogP contribution in [-0.4, -0.2) is 13.1 Å². The summed E-state index contributed by atoms with van der Waals surface area (Å²) >= 11 is 3.26. The van der Waals surface area contributed by atoms with Crippen LogP contribution in [0.1, 0.15) is 24.2 Å². The number of carbonyl (C=O) groups excluding carboxylic acids is 1. The molecule has 0 heterocycles. The number of halogens is 1. The lowest BCUT2D eigenvalue weighted by molar-refractivity contribution is 0.0600. The van der Waals surface area contributed by atoms with E-state index in [4.69, 9.17) is 0 Å². The lowest BCUT2D eigenvalue weighted by Crippen LogP contribution is -1.99. The number of hydrogen-bond acceptors (Lipinski definition) is 2. The standard InChI is InChI=1S/C8H7BrO2.C2H6/c1-11-8(10)6-2-4-7(9)5-3-6;1-2/h2-5H,1H3;1-2H3. The zero-order chi connectivity index (χ0) is 10.3. The Labute approximate surface area is 87.0 Å². The Bertz CT molecular complexity index is 254. The van der Waals surface area contributed by atoms with Gasteiger partial charge in [0, 0.05) is 4.47 Å². The van der Waals surface area contributed by atoms with E-state index < -0.39 is 0 Å². The molecular weight excluding hydrogens is 232 g/mol. The fraction of sp³-hybridized carbons (Fsp3) is 0.300. The minimum absolute atomic E-state index is 0.308. The van der Waals surface area contributed by atoms with Crippen LogP contribution in [0.2, 0.25) is 0 Å². The van der Waals surface area contributed by atoms with Crippen LogP contribution in [0, 0.1) is 0 Å². The first-order valence-corrected chi connectivity index (χ1v) is 4.87. The Morgan fingerprint density at radius 1 is 1.23 bits per heavy atom. The first kappa shape index (κ1) is 12.2. The van der Waals surface area contributed by atoms with Gasteiger partial charge in [0.25, 0.3) is 0 Å². The Kier molecular flexibility index (Phi) is 6.24. The monoisotopic (exact) mass is 244 g/mol. The summed E-state index contributed by atoms with van der Waals surface area (Å²) < 4.78 is 5.47. The molecule has 1 rings (SSSR count). The van der Waals surface area contributed by atoms with Crippen LogP contribution in [0.15, 0.2) is 28.7 Å². The third kappa shape index (κ3) is 4.08. The second-order valence-corrected chi connectivity index (χ2v) is 2.91. The molecule has 0 aliphatic rings. The van der Waals surface area contributed by atoms with Crippen molar-refractivity contribution >= 4 is 21.9 Å². The van der Waals surface area contributed by atoms with Gasteiger partial charge >= 0.3 is 5.97 Å². The van der Waals surface area contributed by atoms with Crippen molar-refractivity contribution in [3.05, 3.63) is 34.3 Å². The van der Waals surface area contributed by atoms with Gasteiger partial charge in [-0.2, -0.15) is 0 Å². The van der Waals surface area contributed by atoms with Crippen LogP contribution < -0.4 is 0 Å². The molecule has 0 fully saturated rings. The molecule has 0 saturated carbocycles. The van der Waals surface area contributed by atoms with Gasteiger partial charge in [-0.25, -0.2) is 4.79 Å². The summed E-state index contributed by atoms with van der Waals surface area (Å²) in [6, 6.07) is 7.00. The first-order valence-electron chi connectivity index (χ1n) is 4.08. The van der Waals surface area contributed by atoms with Gasteiger partial charge in [0.15, 0.2) is 0 Å². The van der Waals surface area contributed by atoms with Crippen LogP contribution in [0.3, 0.4) is 0 Å². The van der Waals surface area contributed by atoms with Crippen molar-refractivity contribution in [1.29, 1.82) is 0 Å². The third-order valence-electron chi connectivity index (χ3n) is 1.27. The number of ether oxygens (including phenoxy) is 1. The number of rotatable bonds is 1. The molecule has 0 radical (unpaired) electrons. The number of carbonyl (C=O) groups is 1. The van der Waals surface area contributed by atoms with Crippen LogP contribution in [-0.2, 0) is 4.74 Å². The molecule has 3 heteroatoms. The maximum atomic E-state index is 10.9. The highest BCUT2D eigenvalue weighted by Crippen LogP contribution is 2.10. The van der Waals surface area contributed by atoms with Gasteiger partial charge in [-0.1, -0.05) is 29.8 Å². The number of esters is 1. The van der Waals surface area contributed by atoms with E-state index in [1.807, 2.05) is 13.8 Å². The van der Waals surface area contributed by atoms with E-state index in [2.05, 4.69) is 20.7 Å². The molecule has 0 unspecified atom stereocenters. The van der Waals surface area contributed by atoms with Crippen molar-refractivity contribution in [2.75, 3.05) is 7.11 Å². The van der Waals surface area contributed by atoms with Gasteiger partial charge in [0.05, 0.1) is 12.7 Å². The summed E-state index contributed by atoms with van der Waals surface area (Å²) in [5.74, 6) is -0.308. The van der Waals surface area contributed by atoms with Gasteiger partial charge < -0.3 is 4.74 Å². The zero-order valence-corrected chi connectivity index (χ0v) is 9.59. The smallest absolute Gasteiger partial charge is 0.337 e. The number of hydrogen-bond donors (Lipinski definition) is 0. The van der Waals surface area contributed by atoms with E-state index in [1.165, 1.54) is 7.11 Å². The van der Waals surface area contributed by atoms with Crippen LogP contribution in [0.4, 0.5) is 0 Å².